The zero-order chi connectivity index (χ0) is 14.4. The second-order valence-electron chi connectivity index (χ2n) is 5.05. The molecule has 1 rings (SSSR count). The number of nitrogens with one attached hydrogen (secondary N) is 2. The molecule has 0 saturated heterocycles. The van der Waals surface area contributed by atoms with E-state index in [0.717, 1.165) is 18.5 Å². The van der Waals surface area contributed by atoms with Crippen LogP contribution in [0, 0.1) is 5.92 Å². The Labute approximate surface area is 113 Å². The van der Waals surface area contributed by atoms with Crippen LogP contribution in [0.3, 0.4) is 0 Å². The summed E-state index contributed by atoms with van der Waals surface area (Å²) in [7, 11) is 0. The van der Waals surface area contributed by atoms with Gasteiger partial charge in [0.25, 0.3) is 5.91 Å². The first-order valence-electron chi connectivity index (χ1n) is 6.75. The Hall–Kier alpha value is -1.56. The smallest absolute Gasteiger partial charge is 0.274 e. The summed E-state index contributed by atoms with van der Waals surface area (Å²) >= 11 is 0. The Kier molecular flexibility index (Phi) is 5.82. The third-order valence-corrected chi connectivity index (χ3v) is 3.16. The molecule has 0 aromatic carbocycles. The van der Waals surface area contributed by atoms with Gasteiger partial charge in [-0.15, -0.1) is 0 Å². The second kappa shape index (κ2) is 7.13. The maximum absolute atomic E-state index is 12.1. The maximum Gasteiger partial charge on any atom is 0.274 e. The molecule has 108 valence electrons. The number of carbonyl (C=O) groups is 1. The van der Waals surface area contributed by atoms with Gasteiger partial charge in [0.2, 0.25) is 0 Å². The molecule has 1 unspecified atom stereocenters. The van der Waals surface area contributed by atoms with Crippen molar-refractivity contribution in [3.63, 3.8) is 0 Å². The van der Waals surface area contributed by atoms with Crippen molar-refractivity contribution in [1.29, 1.82) is 0 Å². The van der Waals surface area contributed by atoms with Crippen LogP contribution in [0.25, 0.3) is 0 Å². The van der Waals surface area contributed by atoms with Gasteiger partial charge < -0.3 is 16.2 Å². The topological polar surface area (TPSA) is 104 Å². The Morgan fingerprint density at radius 1 is 1.53 bits per heavy atom. The largest absolute Gasteiger partial charge is 0.396 e. The van der Waals surface area contributed by atoms with E-state index in [-0.39, 0.29) is 30.2 Å². The highest BCUT2D eigenvalue weighted by atomic mass is 16.3. The van der Waals surface area contributed by atoms with Crippen molar-refractivity contribution < 1.29 is 9.90 Å². The molecule has 0 saturated carbocycles. The number of aryl methyl sites for hydroxylation is 1. The first-order valence-corrected chi connectivity index (χ1v) is 6.75. The lowest BCUT2D eigenvalue weighted by Crippen LogP contribution is -2.39. The summed E-state index contributed by atoms with van der Waals surface area (Å²) in [5.74, 6) is -0.0466. The molecule has 0 fully saturated rings. The third-order valence-electron chi connectivity index (χ3n) is 3.16. The average molecular weight is 268 g/mol. The minimum Gasteiger partial charge on any atom is -0.396 e. The molecule has 0 aliphatic rings. The summed E-state index contributed by atoms with van der Waals surface area (Å²) in [6.07, 6.45) is 2.23. The van der Waals surface area contributed by atoms with E-state index in [4.69, 9.17) is 10.8 Å². The Bertz CT molecular complexity index is 415. The van der Waals surface area contributed by atoms with Gasteiger partial charge in [-0.05, 0) is 18.8 Å². The first-order chi connectivity index (χ1) is 9.01. The highest BCUT2D eigenvalue weighted by Gasteiger charge is 2.21. The van der Waals surface area contributed by atoms with Crippen LogP contribution in [-0.2, 0) is 6.42 Å². The Balaban J connectivity index is 2.77. The lowest BCUT2D eigenvalue weighted by atomic mass is 10.0. The Morgan fingerprint density at radius 2 is 2.21 bits per heavy atom. The summed E-state index contributed by atoms with van der Waals surface area (Å²) in [5.41, 5.74) is 7.38. The summed E-state index contributed by atoms with van der Waals surface area (Å²) in [6.45, 7) is 6.07. The zero-order valence-electron chi connectivity index (χ0n) is 11.9. The normalized spacial score (nSPS) is 12.7. The fourth-order valence-electron chi connectivity index (χ4n) is 1.95. The SMILES string of the molecule is CCCc1[nH]nc(C(=O)NC(CCO)C(C)C)c1N. The molecule has 1 aromatic rings. The van der Waals surface area contributed by atoms with Gasteiger partial charge in [0, 0.05) is 12.6 Å². The van der Waals surface area contributed by atoms with Crippen LogP contribution in [-0.4, -0.2) is 33.9 Å². The quantitative estimate of drug-likeness (QED) is 0.594. The molecule has 6 nitrogen and oxygen atoms in total. The lowest BCUT2D eigenvalue weighted by Gasteiger charge is -2.21. The molecule has 19 heavy (non-hydrogen) atoms. The zero-order valence-corrected chi connectivity index (χ0v) is 11.9. The number of aromatic amines is 1. The molecule has 0 aliphatic carbocycles. The molecule has 5 N–H and O–H groups in total. The van der Waals surface area contributed by atoms with Crippen molar-refractivity contribution >= 4 is 11.6 Å². The number of carbonyl (C=O) groups excluding carboxylic acids is 1. The number of hydrogen-bond donors (Lipinski definition) is 4. The molecular weight excluding hydrogens is 244 g/mol. The van der Waals surface area contributed by atoms with Crippen molar-refractivity contribution in [2.24, 2.45) is 5.92 Å². The number of aliphatic hydroxyl groups is 1. The molecule has 0 aliphatic heterocycles. The van der Waals surface area contributed by atoms with Gasteiger partial charge in [-0.1, -0.05) is 27.2 Å². The fourth-order valence-corrected chi connectivity index (χ4v) is 1.95. The number of nitrogen functional groups attached to an aromatic ring is 1. The number of nitrogens with two attached hydrogens (primary N) is 1. The van der Waals surface area contributed by atoms with Crippen molar-refractivity contribution in [3.05, 3.63) is 11.4 Å². The van der Waals surface area contributed by atoms with Crippen molar-refractivity contribution in [3.8, 4) is 0 Å². The number of aliphatic hydroxyl groups excluding tert-OH is 1. The number of nitrogens with zero attached hydrogens (tertiary/aromatic N) is 1. The number of amides is 1. The van der Waals surface area contributed by atoms with E-state index in [1.165, 1.54) is 0 Å². The molecular formula is C13H24N4O2. The summed E-state index contributed by atoms with van der Waals surface area (Å²) in [6, 6.07) is -0.0803. The van der Waals surface area contributed by atoms with Crippen molar-refractivity contribution in [1.82, 2.24) is 15.5 Å². The molecule has 1 atom stereocenters. The van der Waals surface area contributed by atoms with Gasteiger partial charge in [0.15, 0.2) is 5.69 Å². The van der Waals surface area contributed by atoms with Gasteiger partial charge in [-0.2, -0.15) is 5.10 Å². The van der Waals surface area contributed by atoms with Crippen LogP contribution in [0.5, 0.6) is 0 Å². The lowest BCUT2D eigenvalue weighted by molar-refractivity contribution is 0.0912. The molecule has 1 aromatic heterocycles. The van der Waals surface area contributed by atoms with E-state index in [1.54, 1.807) is 0 Å². The van der Waals surface area contributed by atoms with E-state index in [2.05, 4.69) is 15.5 Å². The summed E-state index contributed by atoms with van der Waals surface area (Å²) in [5, 5.41) is 18.7. The third kappa shape index (κ3) is 3.96. The van der Waals surface area contributed by atoms with Gasteiger partial charge in [0.05, 0.1) is 11.4 Å². The van der Waals surface area contributed by atoms with E-state index in [0.29, 0.717) is 12.1 Å². The average Bonchev–Trinajstić information content (AvgIpc) is 2.71. The molecule has 0 radical (unpaired) electrons. The van der Waals surface area contributed by atoms with Crippen LogP contribution >= 0.6 is 0 Å². The second-order valence-corrected chi connectivity index (χ2v) is 5.05. The van der Waals surface area contributed by atoms with Crippen LogP contribution in [0.4, 0.5) is 5.69 Å². The van der Waals surface area contributed by atoms with Gasteiger partial charge in [-0.25, -0.2) is 0 Å². The van der Waals surface area contributed by atoms with Crippen LogP contribution in [0.2, 0.25) is 0 Å². The maximum atomic E-state index is 12.1. The number of hydrogen-bond acceptors (Lipinski definition) is 4. The molecule has 0 bridgehead atoms. The monoisotopic (exact) mass is 268 g/mol. The standard InChI is InChI=1S/C13H24N4O2/c1-4-5-10-11(14)12(17-16-10)13(19)15-9(6-7-18)8(2)3/h8-9,18H,4-7,14H2,1-3H3,(H,15,19)(H,16,17). The molecule has 1 heterocycles. The number of rotatable bonds is 7. The fraction of sp³-hybridized carbons (Fsp3) is 0.692. The summed E-state index contributed by atoms with van der Waals surface area (Å²) < 4.78 is 0. The molecule has 1 amide bonds. The van der Waals surface area contributed by atoms with E-state index in [1.807, 2.05) is 20.8 Å². The Morgan fingerprint density at radius 3 is 2.74 bits per heavy atom. The highest BCUT2D eigenvalue weighted by Crippen LogP contribution is 2.16. The van der Waals surface area contributed by atoms with Gasteiger partial charge in [0.1, 0.15) is 0 Å². The van der Waals surface area contributed by atoms with Crippen LogP contribution in [0.1, 0.15) is 49.8 Å². The van der Waals surface area contributed by atoms with Gasteiger partial charge in [-0.3, -0.25) is 9.89 Å². The number of anilines is 1. The van der Waals surface area contributed by atoms with Crippen molar-refractivity contribution in [2.75, 3.05) is 12.3 Å². The van der Waals surface area contributed by atoms with Crippen LogP contribution in [0.15, 0.2) is 0 Å². The first kappa shape index (κ1) is 15.5. The van der Waals surface area contributed by atoms with E-state index < -0.39 is 0 Å². The number of H-pyrrole nitrogens is 1. The van der Waals surface area contributed by atoms with E-state index in [9.17, 15) is 4.79 Å². The minimum absolute atomic E-state index is 0.0419. The van der Waals surface area contributed by atoms with E-state index >= 15 is 0 Å². The predicted octanol–water partition coefficient (Wildman–Crippen LogP) is 1.08. The van der Waals surface area contributed by atoms with Crippen LogP contribution < -0.4 is 11.1 Å². The summed E-state index contributed by atoms with van der Waals surface area (Å²) in [4.78, 5) is 12.1. The number of aromatic nitrogens is 2. The highest BCUT2D eigenvalue weighted by molar-refractivity contribution is 5.97. The molecule has 0 spiro atoms. The van der Waals surface area contributed by atoms with Crippen molar-refractivity contribution in [2.45, 2.75) is 46.1 Å². The van der Waals surface area contributed by atoms with Gasteiger partial charge >= 0.3 is 0 Å². The molecule has 6 heteroatoms. The predicted molar refractivity (Wildman–Crippen MR) is 74.8 cm³/mol. The minimum atomic E-state index is -0.289.